The highest BCUT2D eigenvalue weighted by Gasteiger charge is 2.28. The van der Waals surface area contributed by atoms with E-state index in [1.165, 1.54) is 12.0 Å². The van der Waals surface area contributed by atoms with Gasteiger partial charge in [0.2, 0.25) is 5.91 Å². The largest absolute Gasteiger partial charge is 0.465 e. The number of amides is 1. The Morgan fingerprint density at radius 2 is 2.04 bits per heavy atom. The Kier molecular flexibility index (Phi) is 5.16. The summed E-state index contributed by atoms with van der Waals surface area (Å²) in [7, 11) is 1.34. The van der Waals surface area contributed by atoms with Crippen molar-refractivity contribution in [2.24, 2.45) is 5.92 Å². The van der Waals surface area contributed by atoms with Gasteiger partial charge in [0.25, 0.3) is 0 Å². The van der Waals surface area contributed by atoms with Crippen LogP contribution in [0.3, 0.4) is 0 Å². The molecule has 142 valence electrons. The van der Waals surface area contributed by atoms with Crippen molar-refractivity contribution in [3.8, 4) is 10.6 Å². The van der Waals surface area contributed by atoms with E-state index in [9.17, 15) is 9.59 Å². The molecule has 0 radical (unpaired) electrons. The fourth-order valence-electron chi connectivity index (χ4n) is 3.30. The van der Waals surface area contributed by atoms with E-state index >= 15 is 0 Å². The van der Waals surface area contributed by atoms with Crippen LogP contribution in [0.5, 0.6) is 0 Å². The second kappa shape index (κ2) is 7.90. The molecule has 3 aromatic rings. The number of thiazole rings is 1. The maximum Gasteiger partial charge on any atom is 0.337 e. The van der Waals surface area contributed by atoms with E-state index in [0.717, 1.165) is 29.1 Å². The van der Waals surface area contributed by atoms with Gasteiger partial charge in [-0.2, -0.15) is 0 Å². The monoisotopic (exact) mass is 393 g/mol. The third-order valence-corrected chi connectivity index (χ3v) is 5.96. The van der Waals surface area contributed by atoms with Crippen LogP contribution in [0.1, 0.15) is 27.3 Å². The fraction of sp³-hybridized carbons (Fsp3) is 0.238. The number of rotatable bonds is 4. The van der Waals surface area contributed by atoms with Gasteiger partial charge in [-0.3, -0.25) is 9.78 Å². The Morgan fingerprint density at radius 3 is 2.82 bits per heavy atom. The van der Waals surface area contributed by atoms with Crippen molar-refractivity contribution in [3.63, 3.8) is 0 Å². The van der Waals surface area contributed by atoms with E-state index in [0.29, 0.717) is 17.7 Å². The molecule has 1 aliphatic carbocycles. The number of methoxy groups -OCH3 is 1. The zero-order valence-corrected chi connectivity index (χ0v) is 16.2. The first-order valence-electron chi connectivity index (χ1n) is 9.02. The number of pyridine rings is 1. The predicted molar refractivity (Wildman–Crippen MR) is 107 cm³/mol. The number of aromatic nitrogens is 2. The number of esters is 1. The van der Waals surface area contributed by atoms with Crippen LogP contribution in [0.2, 0.25) is 0 Å². The second-order valence-electron chi connectivity index (χ2n) is 6.63. The standard InChI is InChI=1S/C21H19N3O3S/c1-27-21(26)15-3-2-4-16(11-15)23-19(25)14-5-6-17-18(12-14)28-20(24-17)13-7-9-22-10-8-13/h2-4,7-11,14H,5-6,12H2,1H3,(H,23,25). The number of hydrogen-bond acceptors (Lipinski definition) is 6. The molecule has 28 heavy (non-hydrogen) atoms. The van der Waals surface area contributed by atoms with Gasteiger partial charge in [0.05, 0.1) is 18.4 Å². The maximum absolute atomic E-state index is 12.8. The smallest absolute Gasteiger partial charge is 0.337 e. The maximum atomic E-state index is 12.8. The van der Waals surface area contributed by atoms with E-state index in [2.05, 4.69) is 10.3 Å². The molecule has 0 saturated heterocycles. The number of carbonyl (C=O) groups excluding carboxylic acids is 2. The number of fused-ring (bicyclic) bond motifs is 1. The van der Waals surface area contributed by atoms with Gasteiger partial charge < -0.3 is 10.1 Å². The molecule has 0 saturated carbocycles. The van der Waals surface area contributed by atoms with Crippen LogP contribution >= 0.6 is 11.3 Å². The summed E-state index contributed by atoms with van der Waals surface area (Å²) in [4.78, 5) is 34.4. The normalized spacial score (nSPS) is 15.5. The predicted octanol–water partition coefficient (Wildman–Crippen LogP) is 3.74. The van der Waals surface area contributed by atoms with E-state index in [1.807, 2.05) is 12.1 Å². The summed E-state index contributed by atoms with van der Waals surface area (Å²) in [5.74, 6) is -0.571. The molecule has 7 heteroatoms. The molecule has 2 heterocycles. The zero-order chi connectivity index (χ0) is 19.5. The first kappa shape index (κ1) is 18.3. The van der Waals surface area contributed by atoms with Crippen LogP contribution in [-0.4, -0.2) is 29.0 Å². The van der Waals surface area contributed by atoms with E-state index < -0.39 is 5.97 Å². The lowest BCUT2D eigenvalue weighted by Gasteiger charge is -2.20. The number of nitrogens with one attached hydrogen (secondary N) is 1. The Labute approximate surface area is 166 Å². The van der Waals surface area contributed by atoms with Gasteiger partial charge in [0, 0.05) is 34.4 Å². The van der Waals surface area contributed by atoms with Crippen molar-refractivity contribution in [1.29, 1.82) is 0 Å². The third-order valence-electron chi connectivity index (χ3n) is 4.79. The highest BCUT2D eigenvalue weighted by Crippen LogP contribution is 2.34. The summed E-state index contributed by atoms with van der Waals surface area (Å²) in [6, 6.07) is 10.7. The first-order valence-corrected chi connectivity index (χ1v) is 9.84. The fourth-order valence-corrected chi connectivity index (χ4v) is 4.50. The molecule has 0 aliphatic heterocycles. The minimum atomic E-state index is -0.424. The van der Waals surface area contributed by atoms with Crippen molar-refractivity contribution >= 4 is 28.9 Å². The van der Waals surface area contributed by atoms with Gasteiger partial charge >= 0.3 is 5.97 Å². The molecular formula is C21H19N3O3S. The SMILES string of the molecule is COC(=O)c1cccc(NC(=O)C2CCc3nc(-c4ccncc4)sc3C2)c1. The Hall–Kier alpha value is -3.06. The van der Waals surface area contributed by atoms with Crippen molar-refractivity contribution in [3.05, 3.63) is 64.9 Å². The molecule has 1 aliphatic rings. The lowest BCUT2D eigenvalue weighted by Crippen LogP contribution is -2.27. The highest BCUT2D eigenvalue weighted by molar-refractivity contribution is 7.15. The number of ether oxygens (including phenoxy) is 1. The molecule has 0 fully saturated rings. The van der Waals surface area contributed by atoms with Crippen LogP contribution in [0.15, 0.2) is 48.8 Å². The average Bonchev–Trinajstić information content (AvgIpc) is 3.17. The lowest BCUT2D eigenvalue weighted by molar-refractivity contribution is -0.120. The van der Waals surface area contributed by atoms with Crippen LogP contribution < -0.4 is 5.32 Å². The first-order chi connectivity index (χ1) is 13.6. The molecule has 1 unspecified atom stereocenters. The molecule has 0 bridgehead atoms. The number of benzene rings is 1. The van der Waals surface area contributed by atoms with E-state index in [4.69, 9.17) is 9.72 Å². The van der Waals surface area contributed by atoms with Crippen LogP contribution in [-0.2, 0) is 22.4 Å². The Morgan fingerprint density at radius 1 is 1.21 bits per heavy atom. The zero-order valence-electron chi connectivity index (χ0n) is 15.3. The van der Waals surface area contributed by atoms with Crippen molar-refractivity contribution < 1.29 is 14.3 Å². The molecule has 6 nitrogen and oxygen atoms in total. The van der Waals surface area contributed by atoms with Crippen LogP contribution in [0.4, 0.5) is 5.69 Å². The molecule has 1 aromatic carbocycles. The number of anilines is 1. The van der Waals surface area contributed by atoms with Gasteiger partial charge in [0.15, 0.2) is 0 Å². The molecule has 1 atom stereocenters. The molecular weight excluding hydrogens is 374 g/mol. The lowest BCUT2D eigenvalue weighted by atomic mass is 9.90. The molecule has 4 rings (SSSR count). The van der Waals surface area contributed by atoms with Gasteiger partial charge in [-0.25, -0.2) is 9.78 Å². The number of hydrogen-bond donors (Lipinski definition) is 1. The van der Waals surface area contributed by atoms with E-state index in [-0.39, 0.29) is 11.8 Å². The number of nitrogens with zero attached hydrogens (tertiary/aromatic N) is 2. The van der Waals surface area contributed by atoms with Gasteiger partial charge in [-0.1, -0.05) is 6.07 Å². The Balaban J connectivity index is 1.46. The minimum absolute atomic E-state index is 0.0356. The van der Waals surface area contributed by atoms with E-state index in [1.54, 1.807) is 48.0 Å². The number of carbonyl (C=O) groups is 2. The topological polar surface area (TPSA) is 81.2 Å². The van der Waals surface area contributed by atoms with Gasteiger partial charge in [0.1, 0.15) is 5.01 Å². The van der Waals surface area contributed by atoms with Gasteiger partial charge in [-0.05, 0) is 49.6 Å². The summed E-state index contributed by atoms with van der Waals surface area (Å²) in [5, 5.41) is 3.90. The molecule has 1 N–H and O–H groups in total. The van der Waals surface area contributed by atoms with Crippen molar-refractivity contribution in [2.45, 2.75) is 19.3 Å². The van der Waals surface area contributed by atoms with Crippen LogP contribution in [0.25, 0.3) is 10.6 Å². The van der Waals surface area contributed by atoms with Crippen molar-refractivity contribution in [2.75, 3.05) is 12.4 Å². The summed E-state index contributed by atoms with van der Waals surface area (Å²) in [6.07, 6.45) is 5.75. The molecule has 0 spiro atoms. The highest BCUT2D eigenvalue weighted by atomic mass is 32.1. The minimum Gasteiger partial charge on any atom is -0.465 e. The van der Waals surface area contributed by atoms with Crippen LogP contribution in [0, 0.1) is 5.92 Å². The third kappa shape index (κ3) is 3.80. The number of aryl methyl sites for hydroxylation is 1. The summed E-state index contributed by atoms with van der Waals surface area (Å²) in [6.45, 7) is 0. The van der Waals surface area contributed by atoms with Crippen molar-refractivity contribution in [1.82, 2.24) is 9.97 Å². The second-order valence-corrected chi connectivity index (χ2v) is 7.71. The quantitative estimate of drug-likeness (QED) is 0.683. The summed E-state index contributed by atoms with van der Waals surface area (Å²) >= 11 is 1.65. The summed E-state index contributed by atoms with van der Waals surface area (Å²) in [5.41, 5.74) is 3.15. The Bertz CT molecular complexity index is 1020. The molecule has 1 amide bonds. The summed E-state index contributed by atoms with van der Waals surface area (Å²) < 4.78 is 4.73. The van der Waals surface area contributed by atoms with Gasteiger partial charge in [-0.15, -0.1) is 11.3 Å². The molecule has 2 aromatic heterocycles. The average molecular weight is 393 g/mol.